The molecular formula is C22H24Cl2N4O3. The lowest BCUT2D eigenvalue weighted by Crippen LogP contribution is -2.43. The number of halogens is 2. The minimum Gasteiger partial charge on any atom is -0.366 e. The van der Waals surface area contributed by atoms with Gasteiger partial charge < -0.3 is 4.90 Å². The number of piperidine rings is 1. The van der Waals surface area contributed by atoms with Crippen LogP contribution in [-0.4, -0.2) is 29.8 Å². The highest BCUT2D eigenvalue weighted by molar-refractivity contribution is 6.35. The number of hydrogen-bond acceptors (Lipinski definition) is 6. The lowest BCUT2D eigenvalue weighted by Gasteiger charge is -2.35. The number of carbonyl (C=O) groups is 1. The number of Topliss-reactive ketones (excluding diaryl/α,β-unsaturated/α-hetero) is 1. The van der Waals surface area contributed by atoms with Crippen molar-refractivity contribution in [2.75, 3.05) is 18.0 Å². The van der Waals surface area contributed by atoms with Gasteiger partial charge in [0, 0.05) is 46.8 Å². The summed E-state index contributed by atoms with van der Waals surface area (Å²) in [5.74, 6) is 0.277. The highest BCUT2D eigenvalue weighted by Crippen LogP contribution is 2.37. The summed E-state index contributed by atoms with van der Waals surface area (Å²) in [6, 6.07) is 10.7. The van der Waals surface area contributed by atoms with Gasteiger partial charge in [-0.15, -0.1) is 0 Å². The highest BCUT2D eigenvalue weighted by atomic mass is 35.5. The van der Waals surface area contributed by atoms with E-state index in [-0.39, 0.29) is 17.5 Å². The maximum atomic E-state index is 11.6. The molecule has 7 nitrogen and oxygen atoms in total. The number of nitro groups is 1. The fourth-order valence-corrected chi connectivity index (χ4v) is 5.12. The Morgan fingerprint density at radius 3 is 2.52 bits per heavy atom. The summed E-state index contributed by atoms with van der Waals surface area (Å²) in [6.07, 6.45) is 2.76. The van der Waals surface area contributed by atoms with Crippen LogP contribution in [0.1, 0.15) is 48.1 Å². The molecule has 0 spiro atoms. The van der Waals surface area contributed by atoms with E-state index in [1.807, 2.05) is 12.1 Å². The fourth-order valence-electron chi connectivity index (χ4n) is 4.58. The van der Waals surface area contributed by atoms with Gasteiger partial charge in [-0.1, -0.05) is 29.3 Å². The van der Waals surface area contributed by atoms with Crippen molar-refractivity contribution in [3.8, 4) is 0 Å². The first kappa shape index (κ1) is 22.0. The topological polar surface area (TPSA) is 87.5 Å². The summed E-state index contributed by atoms with van der Waals surface area (Å²) in [6.45, 7) is 2.88. The zero-order valence-corrected chi connectivity index (χ0v) is 18.6. The quantitative estimate of drug-likeness (QED) is 0.372. The third kappa shape index (κ3) is 4.70. The molecule has 2 atom stereocenters. The van der Waals surface area contributed by atoms with Crippen LogP contribution in [-0.2, 0) is 0 Å². The van der Waals surface area contributed by atoms with E-state index in [0.29, 0.717) is 33.3 Å². The van der Waals surface area contributed by atoms with Crippen LogP contribution < -0.4 is 15.8 Å². The van der Waals surface area contributed by atoms with Gasteiger partial charge in [-0.3, -0.25) is 20.3 Å². The molecule has 0 aliphatic carbocycles. The monoisotopic (exact) mass is 462 g/mol. The minimum atomic E-state index is -0.406. The van der Waals surface area contributed by atoms with Crippen LogP contribution in [0.15, 0.2) is 36.4 Å². The van der Waals surface area contributed by atoms with Gasteiger partial charge in [0.05, 0.1) is 4.92 Å². The molecule has 0 saturated carbocycles. The predicted molar refractivity (Wildman–Crippen MR) is 122 cm³/mol. The molecule has 4 rings (SSSR count). The Morgan fingerprint density at radius 1 is 1.13 bits per heavy atom. The van der Waals surface area contributed by atoms with Crippen molar-refractivity contribution in [1.29, 1.82) is 0 Å². The molecule has 2 aliphatic heterocycles. The Labute approximate surface area is 190 Å². The van der Waals surface area contributed by atoms with Crippen LogP contribution in [0.3, 0.4) is 0 Å². The van der Waals surface area contributed by atoms with E-state index in [0.717, 1.165) is 37.9 Å². The molecule has 9 heteroatoms. The molecule has 2 aromatic carbocycles. The summed E-state index contributed by atoms with van der Waals surface area (Å²) in [4.78, 5) is 24.8. The number of carbonyl (C=O) groups excluding carboxylic acids is 1. The van der Waals surface area contributed by atoms with Crippen molar-refractivity contribution in [2.24, 2.45) is 5.92 Å². The molecule has 0 bridgehead atoms. The second-order valence-corrected chi connectivity index (χ2v) is 9.03. The molecule has 2 aliphatic rings. The molecule has 2 aromatic rings. The molecule has 2 fully saturated rings. The molecule has 31 heavy (non-hydrogen) atoms. The second kappa shape index (κ2) is 9.12. The largest absolute Gasteiger partial charge is 0.366 e. The maximum Gasteiger partial charge on any atom is 0.293 e. The molecular weight excluding hydrogens is 439 g/mol. The first-order valence-corrected chi connectivity index (χ1v) is 11.1. The average Bonchev–Trinajstić information content (AvgIpc) is 3.23. The number of hydrogen-bond donors (Lipinski definition) is 2. The van der Waals surface area contributed by atoms with E-state index in [1.165, 1.54) is 13.0 Å². The van der Waals surface area contributed by atoms with E-state index in [1.54, 1.807) is 18.2 Å². The Kier molecular flexibility index (Phi) is 6.48. The van der Waals surface area contributed by atoms with Crippen molar-refractivity contribution >= 4 is 40.4 Å². The van der Waals surface area contributed by atoms with E-state index < -0.39 is 4.92 Å². The fraction of sp³-hybridized carbons (Fsp3) is 0.409. The number of rotatable bonds is 5. The molecule has 2 unspecified atom stereocenters. The zero-order valence-electron chi connectivity index (χ0n) is 17.1. The van der Waals surface area contributed by atoms with Gasteiger partial charge in [-0.25, -0.2) is 5.43 Å². The number of ketones is 1. The molecule has 0 radical (unpaired) electrons. The van der Waals surface area contributed by atoms with Crippen LogP contribution in [0.2, 0.25) is 10.0 Å². The highest BCUT2D eigenvalue weighted by Gasteiger charge is 2.35. The average molecular weight is 463 g/mol. The second-order valence-electron chi connectivity index (χ2n) is 8.19. The number of anilines is 1. The number of nitrogens with zero attached hydrogens (tertiary/aromatic N) is 2. The SMILES string of the molecule is CC(=O)c1ccc(N2CCC(C3CC(c4ccc(Cl)cc4Cl)NN3)CC2)c([N+](=O)[O-])c1. The van der Waals surface area contributed by atoms with Crippen LogP contribution in [0.5, 0.6) is 0 Å². The van der Waals surface area contributed by atoms with E-state index in [9.17, 15) is 14.9 Å². The third-order valence-electron chi connectivity index (χ3n) is 6.30. The van der Waals surface area contributed by atoms with Gasteiger partial charge in [-0.05, 0) is 61.9 Å². The standard InChI is InChI=1S/C22H24Cl2N4O3/c1-13(29)15-2-5-21(22(10-15)28(30)31)27-8-6-14(7-9-27)19-12-20(26-25-19)17-4-3-16(23)11-18(17)24/h2-5,10-11,14,19-20,25-26H,6-9,12H2,1H3. The van der Waals surface area contributed by atoms with E-state index >= 15 is 0 Å². The van der Waals surface area contributed by atoms with Crippen molar-refractivity contribution in [3.63, 3.8) is 0 Å². The van der Waals surface area contributed by atoms with Gasteiger partial charge in [0.1, 0.15) is 5.69 Å². The number of nitrogens with one attached hydrogen (secondary N) is 2. The van der Waals surface area contributed by atoms with Gasteiger partial charge >= 0.3 is 0 Å². The Hall–Kier alpha value is -2.19. The lowest BCUT2D eigenvalue weighted by atomic mass is 9.86. The van der Waals surface area contributed by atoms with Crippen LogP contribution in [0.25, 0.3) is 0 Å². The van der Waals surface area contributed by atoms with Crippen molar-refractivity contribution in [2.45, 2.75) is 38.3 Å². The molecule has 2 heterocycles. The van der Waals surface area contributed by atoms with Gasteiger partial charge in [0.2, 0.25) is 0 Å². The first-order chi connectivity index (χ1) is 14.8. The maximum absolute atomic E-state index is 11.6. The summed E-state index contributed by atoms with van der Waals surface area (Å²) in [5.41, 5.74) is 8.72. The Balaban J connectivity index is 1.40. The molecule has 0 amide bonds. The van der Waals surface area contributed by atoms with Crippen LogP contribution in [0, 0.1) is 16.0 Å². The van der Waals surface area contributed by atoms with Crippen molar-refractivity contribution in [1.82, 2.24) is 10.9 Å². The normalized spacial score (nSPS) is 22.0. The van der Waals surface area contributed by atoms with Crippen molar-refractivity contribution in [3.05, 3.63) is 67.7 Å². The lowest BCUT2D eigenvalue weighted by molar-refractivity contribution is -0.384. The number of benzene rings is 2. The summed E-state index contributed by atoms with van der Waals surface area (Å²) >= 11 is 12.4. The first-order valence-electron chi connectivity index (χ1n) is 10.3. The van der Waals surface area contributed by atoms with E-state index in [2.05, 4.69) is 15.8 Å². The summed E-state index contributed by atoms with van der Waals surface area (Å²) in [5, 5.41) is 12.8. The summed E-state index contributed by atoms with van der Waals surface area (Å²) in [7, 11) is 0. The Bertz CT molecular complexity index is 1010. The number of hydrazine groups is 1. The van der Waals surface area contributed by atoms with Gasteiger partial charge in [0.25, 0.3) is 5.69 Å². The number of nitro benzene ring substituents is 1. The molecule has 2 saturated heterocycles. The third-order valence-corrected chi connectivity index (χ3v) is 6.86. The van der Waals surface area contributed by atoms with Crippen molar-refractivity contribution < 1.29 is 9.72 Å². The van der Waals surface area contributed by atoms with E-state index in [4.69, 9.17) is 23.2 Å². The van der Waals surface area contributed by atoms with Gasteiger partial charge in [0.15, 0.2) is 5.78 Å². The van der Waals surface area contributed by atoms with Crippen LogP contribution in [0.4, 0.5) is 11.4 Å². The molecule has 2 N–H and O–H groups in total. The smallest absolute Gasteiger partial charge is 0.293 e. The van der Waals surface area contributed by atoms with Gasteiger partial charge in [-0.2, -0.15) is 0 Å². The Morgan fingerprint density at radius 2 is 1.87 bits per heavy atom. The predicted octanol–water partition coefficient (Wildman–Crippen LogP) is 4.93. The molecule has 0 aromatic heterocycles. The minimum absolute atomic E-state index is 0.00995. The molecule has 164 valence electrons. The van der Waals surface area contributed by atoms with Crippen LogP contribution >= 0.6 is 23.2 Å². The summed E-state index contributed by atoms with van der Waals surface area (Å²) < 4.78 is 0. The zero-order chi connectivity index (χ0) is 22.1.